The molecule has 2 heterocycles. The number of halogens is 3. The summed E-state index contributed by atoms with van der Waals surface area (Å²) in [6, 6.07) is 9.46. The highest BCUT2D eigenvalue weighted by Crippen LogP contribution is 2.40. The minimum absolute atomic E-state index is 0.180. The van der Waals surface area contributed by atoms with Gasteiger partial charge in [0.05, 0.1) is 17.2 Å². The quantitative estimate of drug-likeness (QED) is 0.710. The van der Waals surface area contributed by atoms with E-state index in [0.717, 1.165) is 0 Å². The summed E-state index contributed by atoms with van der Waals surface area (Å²) in [5.41, 5.74) is 0.0276. The van der Waals surface area contributed by atoms with Crippen molar-refractivity contribution in [2.24, 2.45) is 5.41 Å². The Hall–Kier alpha value is -3.34. The minimum atomic E-state index is -1.34. The number of likely N-dealkylation sites (tertiary alicyclic amines) is 2. The van der Waals surface area contributed by atoms with Crippen LogP contribution in [0.2, 0.25) is 0 Å². The molecule has 0 bridgehead atoms. The molecule has 0 radical (unpaired) electrons. The lowest BCUT2D eigenvalue weighted by molar-refractivity contribution is 0.0752. The molecule has 4 rings (SSSR count). The summed E-state index contributed by atoms with van der Waals surface area (Å²) in [7, 11) is 0. The smallest absolute Gasteiger partial charge is 0.256 e. The zero-order valence-corrected chi connectivity index (χ0v) is 16.0. The molecule has 2 amide bonds. The third-order valence-corrected chi connectivity index (χ3v) is 5.93. The standard InChI is InChI=1S/C22H18F3N3O2/c23-17-10-19(25)18(24)9-16(17)21(30)28-7-5-22(13-28)4-6-27(12-22)20(29)15-3-1-2-14(8-15)11-26/h1-3,8-10H,4-7,12-13H2. The number of nitrogens with zero attached hydrogens (tertiary/aromatic N) is 3. The van der Waals surface area contributed by atoms with Gasteiger partial charge in [-0.2, -0.15) is 5.26 Å². The van der Waals surface area contributed by atoms with Gasteiger partial charge in [-0.25, -0.2) is 13.2 Å². The maximum absolute atomic E-state index is 14.0. The number of hydrogen-bond donors (Lipinski definition) is 0. The van der Waals surface area contributed by atoms with Crippen LogP contribution >= 0.6 is 0 Å². The molecular formula is C22H18F3N3O2. The molecule has 0 aliphatic carbocycles. The number of hydrogen-bond acceptors (Lipinski definition) is 3. The van der Waals surface area contributed by atoms with Gasteiger partial charge in [0, 0.05) is 43.2 Å². The van der Waals surface area contributed by atoms with Crippen molar-refractivity contribution in [1.29, 1.82) is 5.26 Å². The van der Waals surface area contributed by atoms with Crippen LogP contribution in [0, 0.1) is 34.2 Å². The lowest BCUT2D eigenvalue weighted by Crippen LogP contribution is -2.36. The van der Waals surface area contributed by atoms with Crippen molar-refractivity contribution in [1.82, 2.24) is 9.80 Å². The fourth-order valence-corrected chi connectivity index (χ4v) is 4.31. The van der Waals surface area contributed by atoms with Gasteiger partial charge in [-0.15, -0.1) is 0 Å². The second-order valence-corrected chi connectivity index (χ2v) is 7.89. The van der Waals surface area contributed by atoms with E-state index in [9.17, 15) is 22.8 Å². The van der Waals surface area contributed by atoms with Gasteiger partial charge < -0.3 is 9.80 Å². The highest BCUT2D eigenvalue weighted by atomic mass is 19.2. The SMILES string of the molecule is N#Cc1cccc(C(=O)N2CCC3(CCN(C(=O)c4cc(F)c(F)cc4F)C3)C2)c1. The molecular weight excluding hydrogens is 395 g/mol. The van der Waals surface area contributed by atoms with E-state index >= 15 is 0 Å². The lowest BCUT2D eigenvalue weighted by Gasteiger charge is -2.25. The second kappa shape index (κ2) is 7.48. The average Bonchev–Trinajstić information content (AvgIpc) is 3.36. The zero-order valence-electron chi connectivity index (χ0n) is 16.0. The normalized spacial score (nSPS) is 20.6. The molecule has 8 heteroatoms. The zero-order chi connectivity index (χ0) is 21.5. The number of nitriles is 1. The highest BCUT2D eigenvalue weighted by Gasteiger charge is 2.46. The van der Waals surface area contributed by atoms with E-state index in [4.69, 9.17) is 5.26 Å². The van der Waals surface area contributed by atoms with E-state index in [2.05, 4.69) is 0 Å². The van der Waals surface area contributed by atoms with E-state index in [-0.39, 0.29) is 11.3 Å². The van der Waals surface area contributed by atoms with Crippen molar-refractivity contribution in [2.75, 3.05) is 26.2 Å². The van der Waals surface area contributed by atoms with E-state index in [1.807, 2.05) is 6.07 Å². The number of rotatable bonds is 2. The molecule has 0 N–H and O–H groups in total. The Bertz CT molecular complexity index is 1080. The van der Waals surface area contributed by atoms with Crippen LogP contribution in [-0.4, -0.2) is 47.8 Å². The molecule has 2 aliphatic rings. The largest absolute Gasteiger partial charge is 0.338 e. The number of carbonyl (C=O) groups excluding carboxylic acids is 2. The first kappa shape index (κ1) is 20.0. The van der Waals surface area contributed by atoms with Crippen LogP contribution in [0.15, 0.2) is 36.4 Å². The third-order valence-electron chi connectivity index (χ3n) is 5.93. The third kappa shape index (κ3) is 3.52. The molecule has 1 atom stereocenters. The Kier molecular flexibility index (Phi) is 4.98. The summed E-state index contributed by atoms with van der Waals surface area (Å²) >= 11 is 0. The van der Waals surface area contributed by atoms with Crippen LogP contribution in [0.25, 0.3) is 0 Å². The van der Waals surface area contributed by atoms with Gasteiger partial charge in [-0.1, -0.05) is 6.07 Å². The summed E-state index contributed by atoms with van der Waals surface area (Å²) in [5, 5.41) is 9.02. The maximum Gasteiger partial charge on any atom is 0.256 e. The molecule has 1 spiro atoms. The Morgan fingerprint density at radius 2 is 1.53 bits per heavy atom. The number of benzene rings is 2. The first-order valence-corrected chi connectivity index (χ1v) is 9.55. The predicted octanol–water partition coefficient (Wildman–Crippen LogP) is 3.35. The van der Waals surface area contributed by atoms with Crippen LogP contribution < -0.4 is 0 Å². The monoisotopic (exact) mass is 413 g/mol. The van der Waals surface area contributed by atoms with Crippen molar-refractivity contribution in [2.45, 2.75) is 12.8 Å². The molecule has 2 saturated heterocycles. The van der Waals surface area contributed by atoms with Crippen molar-refractivity contribution in [3.8, 4) is 6.07 Å². The molecule has 30 heavy (non-hydrogen) atoms. The van der Waals surface area contributed by atoms with Crippen molar-refractivity contribution in [3.63, 3.8) is 0 Å². The van der Waals surface area contributed by atoms with Gasteiger partial charge in [0.15, 0.2) is 11.6 Å². The predicted molar refractivity (Wildman–Crippen MR) is 101 cm³/mol. The summed E-state index contributed by atoms with van der Waals surface area (Å²) in [6.07, 6.45) is 1.31. The van der Waals surface area contributed by atoms with Gasteiger partial charge >= 0.3 is 0 Å². The molecule has 2 aliphatic heterocycles. The van der Waals surface area contributed by atoms with Gasteiger partial charge in [0.2, 0.25) is 0 Å². The summed E-state index contributed by atoms with van der Waals surface area (Å²) in [5.74, 6) is -4.58. The summed E-state index contributed by atoms with van der Waals surface area (Å²) in [6.45, 7) is 1.61. The molecule has 0 saturated carbocycles. The first-order chi connectivity index (χ1) is 14.3. The second-order valence-electron chi connectivity index (χ2n) is 7.89. The van der Waals surface area contributed by atoms with E-state index < -0.39 is 28.9 Å². The van der Waals surface area contributed by atoms with Gasteiger partial charge in [0.25, 0.3) is 11.8 Å². The Morgan fingerprint density at radius 3 is 2.20 bits per heavy atom. The van der Waals surface area contributed by atoms with E-state index in [1.54, 1.807) is 29.2 Å². The topological polar surface area (TPSA) is 64.4 Å². The van der Waals surface area contributed by atoms with Crippen molar-refractivity contribution >= 4 is 11.8 Å². The highest BCUT2D eigenvalue weighted by molar-refractivity contribution is 5.95. The molecule has 154 valence electrons. The molecule has 2 aromatic carbocycles. The van der Waals surface area contributed by atoms with Crippen LogP contribution in [0.1, 0.15) is 39.1 Å². The average molecular weight is 413 g/mol. The Balaban J connectivity index is 1.47. The van der Waals surface area contributed by atoms with Crippen molar-refractivity contribution in [3.05, 3.63) is 70.5 Å². The molecule has 0 aromatic heterocycles. The van der Waals surface area contributed by atoms with E-state index in [1.165, 1.54) is 4.90 Å². The first-order valence-electron chi connectivity index (χ1n) is 9.55. The van der Waals surface area contributed by atoms with Crippen LogP contribution in [0.5, 0.6) is 0 Å². The summed E-state index contributed by atoms with van der Waals surface area (Å²) < 4.78 is 40.6. The summed E-state index contributed by atoms with van der Waals surface area (Å²) in [4.78, 5) is 28.6. The fraction of sp³-hybridized carbons (Fsp3) is 0.318. The van der Waals surface area contributed by atoms with Crippen LogP contribution in [0.4, 0.5) is 13.2 Å². The fourth-order valence-electron chi connectivity index (χ4n) is 4.31. The maximum atomic E-state index is 14.0. The number of amides is 2. The minimum Gasteiger partial charge on any atom is -0.338 e. The number of carbonyl (C=O) groups is 2. The molecule has 5 nitrogen and oxygen atoms in total. The Morgan fingerprint density at radius 1 is 0.900 bits per heavy atom. The molecule has 2 fully saturated rings. The molecule has 1 unspecified atom stereocenters. The van der Waals surface area contributed by atoms with Crippen LogP contribution in [0.3, 0.4) is 0 Å². The van der Waals surface area contributed by atoms with Gasteiger partial charge in [-0.3, -0.25) is 9.59 Å². The lowest BCUT2D eigenvalue weighted by atomic mass is 9.86. The molecule has 2 aromatic rings. The van der Waals surface area contributed by atoms with Crippen molar-refractivity contribution < 1.29 is 22.8 Å². The van der Waals surface area contributed by atoms with E-state index in [0.29, 0.717) is 62.3 Å². The van der Waals surface area contributed by atoms with Gasteiger partial charge in [-0.05, 0) is 37.1 Å². The Labute approximate surface area is 171 Å². The van der Waals surface area contributed by atoms with Gasteiger partial charge in [0.1, 0.15) is 5.82 Å². The van der Waals surface area contributed by atoms with Crippen LogP contribution in [-0.2, 0) is 0 Å².